The summed E-state index contributed by atoms with van der Waals surface area (Å²) in [6, 6.07) is 6.07. The third-order valence-electron chi connectivity index (χ3n) is 3.27. The Balaban J connectivity index is 1.79. The van der Waals surface area contributed by atoms with Crippen molar-refractivity contribution in [2.45, 2.75) is 30.7 Å². The molecule has 3 N–H and O–H groups in total. The molecule has 21 heavy (non-hydrogen) atoms. The molecule has 2 rings (SSSR count). The summed E-state index contributed by atoms with van der Waals surface area (Å²) in [6.45, 7) is 2.10. The first-order valence-corrected chi connectivity index (χ1v) is 7.96. The summed E-state index contributed by atoms with van der Waals surface area (Å²) < 4.78 is 0. The van der Waals surface area contributed by atoms with Gasteiger partial charge in [-0.05, 0) is 37.5 Å². The number of benzene rings is 1. The largest absolute Gasteiger partial charge is 0.398 e. The first-order chi connectivity index (χ1) is 9.95. The number of likely N-dealkylation sites (N-methyl/N-ethyl adjacent to an activating group) is 1. The average molecular weight is 307 g/mol. The van der Waals surface area contributed by atoms with Gasteiger partial charge in [-0.1, -0.05) is 6.07 Å². The number of nitrogen functional groups attached to an aromatic ring is 1. The van der Waals surface area contributed by atoms with Crippen molar-refractivity contribution >= 4 is 29.3 Å². The van der Waals surface area contributed by atoms with Crippen molar-refractivity contribution in [2.24, 2.45) is 0 Å². The number of aryl methyl sites for hydroxylation is 1. The highest BCUT2D eigenvalue weighted by Crippen LogP contribution is 2.26. The fourth-order valence-corrected chi connectivity index (χ4v) is 2.82. The van der Waals surface area contributed by atoms with Crippen LogP contribution in [-0.2, 0) is 9.59 Å². The zero-order valence-electron chi connectivity index (χ0n) is 12.4. The molecule has 1 aliphatic carbocycles. The molecular formula is C15H21N3O2S. The van der Waals surface area contributed by atoms with E-state index in [1.807, 2.05) is 25.1 Å². The van der Waals surface area contributed by atoms with Crippen LogP contribution in [0.2, 0.25) is 0 Å². The molecule has 1 saturated carbocycles. The van der Waals surface area contributed by atoms with Gasteiger partial charge in [0.05, 0.1) is 12.3 Å². The van der Waals surface area contributed by atoms with Crippen molar-refractivity contribution in [3.63, 3.8) is 0 Å². The van der Waals surface area contributed by atoms with Crippen molar-refractivity contribution in [3.8, 4) is 0 Å². The Bertz CT molecular complexity index is 544. The second-order valence-corrected chi connectivity index (χ2v) is 6.44. The first-order valence-electron chi connectivity index (χ1n) is 6.98. The highest BCUT2D eigenvalue weighted by Gasteiger charge is 2.24. The van der Waals surface area contributed by atoms with E-state index in [1.165, 1.54) is 16.7 Å². The van der Waals surface area contributed by atoms with Crippen LogP contribution >= 0.6 is 11.8 Å². The topological polar surface area (TPSA) is 75.4 Å². The maximum Gasteiger partial charge on any atom is 0.239 e. The molecule has 1 fully saturated rings. The third kappa shape index (κ3) is 4.97. The Hall–Kier alpha value is -1.69. The molecule has 0 spiro atoms. The van der Waals surface area contributed by atoms with Gasteiger partial charge in [0.25, 0.3) is 0 Å². The van der Waals surface area contributed by atoms with Crippen molar-refractivity contribution in [1.29, 1.82) is 0 Å². The van der Waals surface area contributed by atoms with E-state index in [1.54, 1.807) is 7.05 Å². The molecule has 0 saturated heterocycles. The Morgan fingerprint density at radius 3 is 2.81 bits per heavy atom. The maximum absolute atomic E-state index is 12.0. The summed E-state index contributed by atoms with van der Waals surface area (Å²) >= 11 is 1.40. The number of nitrogens with one attached hydrogen (secondary N) is 1. The smallest absolute Gasteiger partial charge is 0.239 e. The van der Waals surface area contributed by atoms with Crippen molar-refractivity contribution in [2.75, 3.05) is 25.1 Å². The van der Waals surface area contributed by atoms with Gasteiger partial charge in [0.15, 0.2) is 0 Å². The zero-order valence-corrected chi connectivity index (χ0v) is 13.2. The van der Waals surface area contributed by atoms with Crippen molar-refractivity contribution in [1.82, 2.24) is 10.2 Å². The molecule has 0 bridgehead atoms. The Morgan fingerprint density at radius 2 is 2.14 bits per heavy atom. The summed E-state index contributed by atoms with van der Waals surface area (Å²) in [7, 11) is 1.65. The minimum atomic E-state index is -0.0894. The minimum absolute atomic E-state index is 0.0770. The van der Waals surface area contributed by atoms with Gasteiger partial charge >= 0.3 is 0 Å². The molecule has 0 radical (unpaired) electrons. The van der Waals surface area contributed by atoms with Gasteiger partial charge in [-0.2, -0.15) is 0 Å². The molecule has 5 nitrogen and oxygen atoms in total. The molecule has 1 aromatic rings. The van der Waals surface area contributed by atoms with Crippen LogP contribution in [0.5, 0.6) is 0 Å². The standard InChI is InChI=1S/C15H21N3O2S/c1-10-3-6-12(16)13(7-10)21-9-15(20)18(2)8-14(19)17-11-4-5-11/h3,6-7,11H,4-5,8-9,16H2,1-2H3,(H,17,19). The summed E-state index contributed by atoms with van der Waals surface area (Å²) in [5.74, 6) is 0.112. The molecule has 6 heteroatoms. The van der Waals surface area contributed by atoms with Crippen LogP contribution in [0.15, 0.2) is 23.1 Å². The number of rotatable bonds is 6. The van der Waals surface area contributed by atoms with Crippen LogP contribution in [0.4, 0.5) is 5.69 Å². The number of thioether (sulfide) groups is 1. The molecule has 0 heterocycles. The number of amides is 2. The van der Waals surface area contributed by atoms with Crippen LogP contribution in [0, 0.1) is 6.92 Å². The van der Waals surface area contributed by atoms with E-state index in [-0.39, 0.29) is 24.1 Å². The van der Waals surface area contributed by atoms with E-state index in [9.17, 15) is 9.59 Å². The summed E-state index contributed by atoms with van der Waals surface area (Å²) in [6.07, 6.45) is 2.10. The fourth-order valence-electron chi connectivity index (χ4n) is 1.82. The van der Waals surface area contributed by atoms with Crippen LogP contribution < -0.4 is 11.1 Å². The highest BCUT2D eigenvalue weighted by molar-refractivity contribution is 8.00. The lowest BCUT2D eigenvalue weighted by Crippen LogP contribution is -2.39. The van der Waals surface area contributed by atoms with Crippen LogP contribution in [0.3, 0.4) is 0 Å². The SMILES string of the molecule is Cc1ccc(N)c(SCC(=O)N(C)CC(=O)NC2CC2)c1. The fraction of sp³-hybridized carbons (Fsp3) is 0.467. The lowest BCUT2D eigenvalue weighted by atomic mass is 10.2. The van der Waals surface area contributed by atoms with E-state index in [4.69, 9.17) is 5.73 Å². The van der Waals surface area contributed by atoms with Crippen molar-refractivity contribution in [3.05, 3.63) is 23.8 Å². The van der Waals surface area contributed by atoms with E-state index in [0.717, 1.165) is 23.3 Å². The molecule has 0 aromatic heterocycles. The Labute approximate surface area is 129 Å². The quantitative estimate of drug-likeness (QED) is 0.615. The zero-order chi connectivity index (χ0) is 15.4. The van der Waals surface area contributed by atoms with Crippen molar-refractivity contribution < 1.29 is 9.59 Å². The number of hydrogen-bond donors (Lipinski definition) is 2. The lowest BCUT2D eigenvalue weighted by Gasteiger charge is -2.17. The number of carbonyl (C=O) groups excluding carboxylic acids is 2. The number of hydrogen-bond acceptors (Lipinski definition) is 4. The molecule has 0 unspecified atom stereocenters. The predicted molar refractivity (Wildman–Crippen MR) is 85.1 cm³/mol. The number of nitrogens with two attached hydrogens (primary N) is 1. The highest BCUT2D eigenvalue weighted by atomic mass is 32.2. The predicted octanol–water partition coefficient (Wildman–Crippen LogP) is 1.41. The number of carbonyl (C=O) groups is 2. The number of nitrogens with zero attached hydrogens (tertiary/aromatic N) is 1. The second-order valence-electron chi connectivity index (χ2n) is 5.42. The van der Waals surface area contributed by atoms with Gasteiger partial charge in [0.2, 0.25) is 11.8 Å². The second kappa shape index (κ2) is 6.85. The van der Waals surface area contributed by atoms with E-state index >= 15 is 0 Å². The average Bonchev–Trinajstić information content (AvgIpc) is 3.23. The Morgan fingerprint density at radius 1 is 1.43 bits per heavy atom. The normalized spacial score (nSPS) is 13.8. The minimum Gasteiger partial charge on any atom is -0.398 e. The molecule has 2 amide bonds. The van der Waals surface area contributed by atoms with Crippen LogP contribution in [0.1, 0.15) is 18.4 Å². The Kier molecular flexibility index (Phi) is 5.12. The third-order valence-corrected chi connectivity index (χ3v) is 4.33. The summed E-state index contributed by atoms with van der Waals surface area (Å²) in [5, 5.41) is 2.87. The molecule has 114 valence electrons. The molecule has 1 aliphatic rings. The van der Waals surface area contributed by atoms with Gasteiger partial charge in [-0.25, -0.2) is 0 Å². The van der Waals surface area contributed by atoms with Gasteiger partial charge in [-0.15, -0.1) is 11.8 Å². The van der Waals surface area contributed by atoms with Gasteiger partial charge < -0.3 is 16.0 Å². The first kappa shape index (κ1) is 15.7. The van der Waals surface area contributed by atoms with E-state index < -0.39 is 0 Å². The van der Waals surface area contributed by atoms with Gasteiger partial charge in [0.1, 0.15) is 0 Å². The molecule has 0 aliphatic heterocycles. The summed E-state index contributed by atoms with van der Waals surface area (Å²) in [5.41, 5.74) is 7.67. The van der Waals surface area contributed by atoms with Gasteiger partial charge in [-0.3, -0.25) is 9.59 Å². The summed E-state index contributed by atoms with van der Waals surface area (Å²) in [4.78, 5) is 26.0. The molecule has 1 aromatic carbocycles. The van der Waals surface area contributed by atoms with Crippen LogP contribution in [0.25, 0.3) is 0 Å². The lowest BCUT2D eigenvalue weighted by molar-refractivity contribution is -0.132. The maximum atomic E-state index is 12.0. The van der Waals surface area contributed by atoms with E-state index in [2.05, 4.69) is 5.32 Å². The monoisotopic (exact) mass is 307 g/mol. The number of anilines is 1. The van der Waals surface area contributed by atoms with Gasteiger partial charge in [0, 0.05) is 23.7 Å². The van der Waals surface area contributed by atoms with E-state index in [0.29, 0.717) is 11.7 Å². The molecule has 0 atom stereocenters. The van der Waals surface area contributed by atoms with Crippen LogP contribution in [-0.4, -0.2) is 42.1 Å². The molecular weight excluding hydrogens is 286 g/mol.